The fraction of sp³-hybridized carbons (Fsp3) is 0.480. The lowest BCUT2D eigenvalue weighted by atomic mass is 9.97. The molecule has 12 heteroatoms. The number of rotatable bonds is 5. The third-order valence-electron chi connectivity index (χ3n) is 6.56. The fourth-order valence-corrected chi connectivity index (χ4v) is 4.64. The lowest BCUT2D eigenvalue weighted by Crippen LogP contribution is -2.38. The highest BCUT2D eigenvalue weighted by molar-refractivity contribution is 5.92. The predicted octanol–water partition coefficient (Wildman–Crippen LogP) is 3.89. The Morgan fingerprint density at radius 1 is 1.16 bits per heavy atom. The van der Waals surface area contributed by atoms with E-state index in [-0.39, 0.29) is 23.3 Å². The van der Waals surface area contributed by atoms with Crippen molar-refractivity contribution in [2.24, 2.45) is 5.41 Å². The summed E-state index contributed by atoms with van der Waals surface area (Å²) in [6, 6.07) is 2.84. The molecule has 0 unspecified atom stereocenters. The molecule has 37 heavy (non-hydrogen) atoms. The smallest absolute Gasteiger partial charge is 0.418 e. The van der Waals surface area contributed by atoms with Crippen molar-refractivity contribution in [3.63, 3.8) is 0 Å². The number of esters is 1. The number of amides is 1. The topological polar surface area (TPSA) is 108 Å². The zero-order valence-electron chi connectivity index (χ0n) is 21.0. The molecule has 0 bridgehead atoms. The Bertz CT molecular complexity index is 1410. The molecule has 0 atom stereocenters. The van der Waals surface area contributed by atoms with Gasteiger partial charge in [-0.3, -0.25) is 19.1 Å². The highest BCUT2D eigenvalue weighted by Gasteiger charge is 2.42. The Hall–Kier alpha value is -3.70. The van der Waals surface area contributed by atoms with Crippen LogP contribution in [0, 0.1) is 5.41 Å². The second kappa shape index (κ2) is 9.31. The average molecular weight is 520 g/mol. The highest BCUT2D eigenvalue weighted by Crippen LogP contribution is 2.43. The number of ether oxygens (including phenoxy) is 1. The summed E-state index contributed by atoms with van der Waals surface area (Å²) in [5.74, 6) is -1.84. The van der Waals surface area contributed by atoms with Crippen LogP contribution in [0.1, 0.15) is 62.5 Å². The van der Waals surface area contributed by atoms with Crippen LogP contribution < -0.4 is 15.5 Å². The molecule has 1 aliphatic rings. The zero-order chi connectivity index (χ0) is 27.2. The number of hydrogen-bond donors (Lipinski definition) is 1. The normalized spacial score (nSPS) is 15.6. The molecule has 1 fully saturated rings. The van der Waals surface area contributed by atoms with E-state index in [0.29, 0.717) is 12.8 Å². The largest absolute Gasteiger partial charge is 0.420 e. The van der Waals surface area contributed by atoms with E-state index < -0.39 is 45.7 Å². The first-order valence-electron chi connectivity index (χ1n) is 11.9. The van der Waals surface area contributed by atoms with E-state index in [1.54, 1.807) is 25.3 Å². The van der Waals surface area contributed by atoms with Gasteiger partial charge in [-0.1, -0.05) is 12.8 Å². The van der Waals surface area contributed by atoms with Gasteiger partial charge < -0.3 is 14.6 Å². The molecule has 3 aromatic heterocycles. The second-order valence-corrected chi connectivity index (χ2v) is 10.3. The van der Waals surface area contributed by atoms with Gasteiger partial charge >= 0.3 is 12.1 Å². The van der Waals surface area contributed by atoms with Crippen LogP contribution in [0.5, 0.6) is 5.75 Å². The van der Waals surface area contributed by atoms with Crippen LogP contribution in [0.15, 0.2) is 35.5 Å². The Morgan fingerprint density at radius 2 is 1.84 bits per heavy atom. The molecule has 9 nitrogen and oxygen atoms in total. The van der Waals surface area contributed by atoms with Crippen LogP contribution in [-0.4, -0.2) is 38.3 Å². The third kappa shape index (κ3) is 4.96. The van der Waals surface area contributed by atoms with Crippen LogP contribution in [0.2, 0.25) is 0 Å². The van der Waals surface area contributed by atoms with Crippen LogP contribution >= 0.6 is 0 Å². The van der Waals surface area contributed by atoms with Crippen molar-refractivity contribution < 1.29 is 27.5 Å². The summed E-state index contributed by atoms with van der Waals surface area (Å²) in [6.07, 6.45) is 1.70. The minimum atomic E-state index is -4.58. The summed E-state index contributed by atoms with van der Waals surface area (Å²) in [5.41, 5.74) is -3.75. The fourth-order valence-electron chi connectivity index (χ4n) is 4.64. The van der Waals surface area contributed by atoms with E-state index in [4.69, 9.17) is 4.74 Å². The van der Waals surface area contributed by atoms with Crippen molar-refractivity contribution in [1.82, 2.24) is 24.6 Å². The molecule has 1 N–H and O–H groups in total. The van der Waals surface area contributed by atoms with Crippen molar-refractivity contribution in [3.8, 4) is 5.75 Å². The number of alkyl halides is 3. The molecule has 198 valence electrons. The number of halogens is 3. The lowest BCUT2D eigenvalue weighted by Gasteiger charge is -2.32. The lowest BCUT2D eigenvalue weighted by molar-refractivity contribution is -0.143. The summed E-state index contributed by atoms with van der Waals surface area (Å²) < 4.78 is 49.8. The predicted molar refractivity (Wildman–Crippen MR) is 128 cm³/mol. The first-order chi connectivity index (χ1) is 17.3. The summed E-state index contributed by atoms with van der Waals surface area (Å²) >= 11 is 0. The summed E-state index contributed by atoms with van der Waals surface area (Å²) in [5, 5.41) is 6.52. The van der Waals surface area contributed by atoms with Crippen LogP contribution in [0.4, 0.5) is 13.2 Å². The standard InChI is InChI=1S/C25H28F3N5O4/c1-23(2,3)22(36)37-17-13-32(31-18(19(17)34)21(35)29-4)14-24(9-5-6-10-24)33-12-16(25(26,27)28)15-8-7-11-30-20(15)33/h7-8,11-13H,5-6,9-10,14H2,1-4H3,(H,29,35). The average Bonchev–Trinajstić information content (AvgIpc) is 3.45. The number of nitrogens with one attached hydrogen (secondary N) is 1. The maximum Gasteiger partial charge on any atom is 0.418 e. The first-order valence-corrected chi connectivity index (χ1v) is 11.9. The van der Waals surface area contributed by atoms with Gasteiger partial charge in [0.1, 0.15) is 5.65 Å². The molecule has 0 spiro atoms. The maximum atomic E-state index is 13.9. The van der Waals surface area contributed by atoms with Gasteiger partial charge in [0, 0.05) is 24.8 Å². The monoisotopic (exact) mass is 519 g/mol. The van der Waals surface area contributed by atoms with Gasteiger partial charge in [-0.05, 0) is 45.7 Å². The summed E-state index contributed by atoms with van der Waals surface area (Å²) in [4.78, 5) is 42.1. The molecule has 0 aromatic carbocycles. The highest BCUT2D eigenvalue weighted by atomic mass is 19.4. The van der Waals surface area contributed by atoms with Gasteiger partial charge in [-0.25, -0.2) is 4.98 Å². The number of carbonyl (C=O) groups is 2. The van der Waals surface area contributed by atoms with E-state index in [1.165, 1.54) is 36.3 Å². The van der Waals surface area contributed by atoms with E-state index in [0.717, 1.165) is 19.0 Å². The van der Waals surface area contributed by atoms with E-state index in [2.05, 4.69) is 15.4 Å². The second-order valence-electron chi connectivity index (χ2n) is 10.3. The van der Waals surface area contributed by atoms with Crippen LogP contribution in [-0.2, 0) is 23.1 Å². The van der Waals surface area contributed by atoms with Crippen molar-refractivity contribution in [2.45, 2.75) is 64.7 Å². The molecular weight excluding hydrogens is 491 g/mol. The van der Waals surface area contributed by atoms with Crippen LogP contribution in [0.3, 0.4) is 0 Å². The molecule has 0 saturated heterocycles. The quantitative estimate of drug-likeness (QED) is 0.513. The molecule has 3 heterocycles. The first kappa shape index (κ1) is 26.4. The minimum Gasteiger partial charge on any atom is -0.420 e. The number of hydrogen-bond acceptors (Lipinski definition) is 6. The maximum absolute atomic E-state index is 13.9. The minimum absolute atomic E-state index is 0.0139. The molecule has 0 radical (unpaired) electrons. The Labute approximate surface area is 210 Å². The number of aromatic nitrogens is 4. The summed E-state index contributed by atoms with van der Waals surface area (Å²) in [6.45, 7) is 4.87. The van der Waals surface area contributed by atoms with E-state index in [9.17, 15) is 27.6 Å². The molecule has 1 amide bonds. The molecule has 4 rings (SSSR count). The SMILES string of the molecule is CNC(=O)c1nn(CC2(n3cc(C(F)(F)F)c4cccnc43)CCCC2)cc(OC(=O)C(C)(C)C)c1=O. The Kier molecular flexibility index (Phi) is 6.63. The van der Waals surface area contributed by atoms with Gasteiger partial charge in [0.2, 0.25) is 0 Å². The van der Waals surface area contributed by atoms with E-state index >= 15 is 0 Å². The zero-order valence-corrected chi connectivity index (χ0v) is 21.0. The number of nitrogens with zero attached hydrogens (tertiary/aromatic N) is 4. The number of pyridine rings is 1. The molecule has 0 aliphatic heterocycles. The van der Waals surface area contributed by atoms with Gasteiger partial charge in [-0.2, -0.15) is 18.3 Å². The van der Waals surface area contributed by atoms with Gasteiger partial charge in [0.05, 0.1) is 29.3 Å². The van der Waals surface area contributed by atoms with Gasteiger partial charge in [-0.15, -0.1) is 0 Å². The van der Waals surface area contributed by atoms with Crippen LogP contribution in [0.25, 0.3) is 11.0 Å². The number of fused-ring (bicyclic) bond motifs is 1. The molecule has 3 aromatic rings. The third-order valence-corrected chi connectivity index (χ3v) is 6.56. The Morgan fingerprint density at radius 3 is 2.43 bits per heavy atom. The summed E-state index contributed by atoms with van der Waals surface area (Å²) in [7, 11) is 1.33. The van der Waals surface area contributed by atoms with Crippen molar-refractivity contribution >= 4 is 22.9 Å². The van der Waals surface area contributed by atoms with E-state index in [1.807, 2.05) is 0 Å². The van der Waals surface area contributed by atoms with Crippen molar-refractivity contribution in [1.29, 1.82) is 0 Å². The number of carbonyl (C=O) groups excluding carboxylic acids is 2. The molecule has 1 aliphatic carbocycles. The Balaban J connectivity index is 1.86. The van der Waals surface area contributed by atoms with Crippen molar-refractivity contribution in [3.05, 3.63) is 52.2 Å². The van der Waals surface area contributed by atoms with Crippen molar-refractivity contribution in [2.75, 3.05) is 7.05 Å². The van der Waals surface area contributed by atoms with Gasteiger partial charge in [0.25, 0.3) is 11.3 Å². The van der Waals surface area contributed by atoms with Gasteiger partial charge in [0.15, 0.2) is 11.4 Å². The molecule has 1 saturated carbocycles. The molecular formula is C25H28F3N5O4.